The number of ether oxygens (including phenoxy) is 1. The van der Waals surface area contributed by atoms with Crippen LogP contribution in [-0.4, -0.2) is 11.1 Å². The molecule has 0 atom stereocenters. The average molecular weight is 339 g/mol. The van der Waals surface area contributed by atoms with Gasteiger partial charge in [0.05, 0.1) is 5.56 Å². The van der Waals surface area contributed by atoms with E-state index >= 15 is 0 Å². The summed E-state index contributed by atoms with van der Waals surface area (Å²) in [4.78, 5) is 11.5. The van der Waals surface area contributed by atoms with Crippen LogP contribution in [-0.2, 0) is 6.61 Å². The Morgan fingerprint density at radius 1 is 0.958 bits per heavy atom. The van der Waals surface area contributed by atoms with Crippen molar-refractivity contribution < 1.29 is 14.6 Å². The first kappa shape index (κ1) is 16.1. The fourth-order valence-corrected chi connectivity index (χ4v) is 2.63. The number of hydrogen-bond acceptors (Lipinski definition) is 2. The molecule has 0 heterocycles. The number of carbonyl (C=O) groups is 1. The molecule has 0 aliphatic heterocycles. The van der Waals surface area contributed by atoms with Crippen LogP contribution in [0.2, 0.25) is 5.02 Å². The van der Waals surface area contributed by atoms with E-state index < -0.39 is 5.97 Å². The lowest BCUT2D eigenvalue weighted by atomic mass is 9.99. The minimum absolute atomic E-state index is 0.212. The maximum Gasteiger partial charge on any atom is 0.336 e. The molecular formula is C20H15ClO3. The van der Waals surface area contributed by atoms with Gasteiger partial charge in [-0.3, -0.25) is 0 Å². The van der Waals surface area contributed by atoms with Crippen LogP contribution in [0.3, 0.4) is 0 Å². The number of halogens is 1. The van der Waals surface area contributed by atoms with Crippen molar-refractivity contribution in [3.63, 3.8) is 0 Å². The summed E-state index contributed by atoms with van der Waals surface area (Å²) in [6.07, 6.45) is 0. The van der Waals surface area contributed by atoms with Crippen molar-refractivity contribution in [3.05, 3.63) is 88.9 Å². The van der Waals surface area contributed by atoms with Gasteiger partial charge in [0.15, 0.2) is 0 Å². The zero-order valence-electron chi connectivity index (χ0n) is 12.8. The molecule has 1 N–H and O–H groups in total. The third-order valence-electron chi connectivity index (χ3n) is 3.61. The van der Waals surface area contributed by atoms with Gasteiger partial charge >= 0.3 is 5.97 Å². The van der Waals surface area contributed by atoms with Crippen LogP contribution in [0.4, 0.5) is 0 Å². The van der Waals surface area contributed by atoms with E-state index in [0.29, 0.717) is 22.9 Å². The summed E-state index contributed by atoms with van der Waals surface area (Å²) in [6, 6.07) is 21.9. The van der Waals surface area contributed by atoms with Gasteiger partial charge in [-0.2, -0.15) is 0 Å². The highest BCUT2D eigenvalue weighted by Crippen LogP contribution is 2.30. The van der Waals surface area contributed by atoms with Crippen LogP contribution in [0.15, 0.2) is 72.8 Å². The molecule has 3 aromatic carbocycles. The van der Waals surface area contributed by atoms with Crippen LogP contribution < -0.4 is 4.74 Å². The van der Waals surface area contributed by atoms with E-state index in [2.05, 4.69) is 0 Å². The molecule has 0 unspecified atom stereocenters. The highest BCUT2D eigenvalue weighted by Gasteiger charge is 2.13. The lowest BCUT2D eigenvalue weighted by Gasteiger charge is -2.11. The Hall–Kier alpha value is -2.78. The summed E-state index contributed by atoms with van der Waals surface area (Å²) in [6.45, 7) is 0.419. The van der Waals surface area contributed by atoms with Crippen molar-refractivity contribution in [1.82, 2.24) is 0 Å². The van der Waals surface area contributed by atoms with E-state index in [1.165, 1.54) is 0 Å². The van der Waals surface area contributed by atoms with E-state index in [1.54, 1.807) is 36.4 Å². The molecule has 3 aromatic rings. The molecule has 0 aliphatic carbocycles. The standard InChI is InChI=1S/C20H15ClO3/c21-16-8-4-7-15(11-16)19-12-17(9-10-18(19)20(22)23)24-13-14-5-2-1-3-6-14/h1-12H,13H2,(H,22,23). The van der Waals surface area contributed by atoms with E-state index in [-0.39, 0.29) is 5.56 Å². The lowest BCUT2D eigenvalue weighted by molar-refractivity contribution is 0.0697. The Morgan fingerprint density at radius 3 is 2.46 bits per heavy atom. The minimum atomic E-state index is -0.986. The molecule has 24 heavy (non-hydrogen) atoms. The third kappa shape index (κ3) is 3.76. The van der Waals surface area contributed by atoms with Gasteiger partial charge in [0, 0.05) is 5.02 Å². The smallest absolute Gasteiger partial charge is 0.336 e. The van der Waals surface area contributed by atoms with E-state index in [1.807, 2.05) is 36.4 Å². The predicted octanol–water partition coefficient (Wildman–Crippen LogP) is 5.28. The topological polar surface area (TPSA) is 46.5 Å². The molecule has 0 amide bonds. The Morgan fingerprint density at radius 2 is 1.75 bits per heavy atom. The van der Waals surface area contributed by atoms with Gasteiger partial charge in [-0.25, -0.2) is 4.79 Å². The van der Waals surface area contributed by atoms with Crippen LogP contribution >= 0.6 is 11.6 Å². The number of carboxylic acids is 1. The minimum Gasteiger partial charge on any atom is -0.489 e. The molecule has 4 heteroatoms. The van der Waals surface area contributed by atoms with Gasteiger partial charge in [0.2, 0.25) is 0 Å². The van der Waals surface area contributed by atoms with Crippen molar-refractivity contribution >= 4 is 17.6 Å². The van der Waals surface area contributed by atoms with Crippen molar-refractivity contribution in [2.24, 2.45) is 0 Å². The molecule has 0 spiro atoms. The molecule has 3 nitrogen and oxygen atoms in total. The highest BCUT2D eigenvalue weighted by molar-refractivity contribution is 6.30. The Labute approximate surface area is 145 Å². The molecular weight excluding hydrogens is 324 g/mol. The molecule has 0 bridgehead atoms. The normalized spacial score (nSPS) is 10.4. The second-order valence-corrected chi connectivity index (χ2v) is 5.73. The summed E-state index contributed by atoms with van der Waals surface area (Å²) in [5.41, 5.74) is 2.58. The van der Waals surface area contributed by atoms with Crippen molar-refractivity contribution in [2.75, 3.05) is 0 Å². The molecule has 120 valence electrons. The zero-order chi connectivity index (χ0) is 16.9. The number of benzene rings is 3. The first-order valence-corrected chi connectivity index (χ1v) is 7.81. The van der Waals surface area contributed by atoms with E-state index in [9.17, 15) is 9.90 Å². The Balaban J connectivity index is 1.92. The number of hydrogen-bond donors (Lipinski definition) is 1. The fourth-order valence-electron chi connectivity index (χ4n) is 2.44. The Bertz CT molecular complexity index is 860. The van der Waals surface area contributed by atoms with Gasteiger partial charge < -0.3 is 9.84 Å². The number of aromatic carboxylic acids is 1. The molecule has 0 radical (unpaired) electrons. The average Bonchev–Trinajstić information content (AvgIpc) is 2.60. The quantitative estimate of drug-likeness (QED) is 0.688. The third-order valence-corrected chi connectivity index (χ3v) is 3.84. The molecule has 0 saturated heterocycles. The summed E-state index contributed by atoms with van der Waals surface area (Å²) in [7, 11) is 0. The van der Waals surface area contributed by atoms with E-state index in [4.69, 9.17) is 16.3 Å². The van der Waals surface area contributed by atoms with Crippen LogP contribution in [0.25, 0.3) is 11.1 Å². The van der Waals surface area contributed by atoms with Crippen molar-refractivity contribution in [3.8, 4) is 16.9 Å². The Kier molecular flexibility index (Phi) is 4.82. The zero-order valence-corrected chi connectivity index (χ0v) is 13.5. The van der Waals surface area contributed by atoms with Gasteiger partial charge in [-0.05, 0) is 47.0 Å². The largest absolute Gasteiger partial charge is 0.489 e. The van der Waals surface area contributed by atoms with Crippen molar-refractivity contribution in [2.45, 2.75) is 6.61 Å². The predicted molar refractivity (Wildman–Crippen MR) is 94.6 cm³/mol. The lowest BCUT2D eigenvalue weighted by Crippen LogP contribution is -2.01. The number of rotatable bonds is 5. The van der Waals surface area contributed by atoms with Crippen molar-refractivity contribution in [1.29, 1.82) is 0 Å². The van der Waals surface area contributed by atoms with Gasteiger partial charge in [0.25, 0.3) is 0 Å². The van der Waals surface area contributed by atoms with Crippen LogP contribution in [0.1, 0.15) is 15.9 Å². The molecule has 3 rings (SSSR count). The van der Waals surface area contributed by atoms with Gasteiger partial charge in [-0.15, -0.1) is 0 Å². The molecule has 0 fully saturated rings. The second-order valence-electron chi connectivity index (χ2n) is 5.30. The summed E-state index contributed by atoms with van der Waals surface area (Å²) >= 11 is 6.03. The number of carboxylic acid groups (broad SMARTS) is 1. The van der Waals surface area contributed by atoms with Crippen LogP contribution in [0, 0.1) is 0 Å². The van der Waals surface area contributed by atoms with E-state index in [0.717, 1.165) is 11.1 Å². The SMILES string of the molecule is O=C(O)c1ccc(OCc2ccccc2)cc1-c1cccc(Cl)c1. The molecule has 0 aromatic heterocycles. The van der Waals surface area contributed by atoms with Gasteiger partial charge in [-0.1, -0.05) is 54.1 Å². The molecule has 0 aliphatic rings. The molecule has 0 saturated carbocycles. The summed E-state index contributed by atoms with van der Waals surface area (Å²) in [5, 5.41) is 9.98. The van der Waals surface area contributed by atoms with Gasteiger partial charge in [0.1, 0.15) is 12.4 Å². The summed E-state index contributed by atoms with van der Waals surface area (Å²) in [5.74, 6) is -0.376. The highest BCUT2D eigenvalue weighted by atomic mass is 35.5. The fraction of sp³-hybridized carbons (Fsp3) is 0.0500. The maximum absolute atomic E-state index is 11.5. The monoisotopic (exact) mass is 338 g/mol. The first-order valence-electron chi connectivity index (χ1n) is 7.43. The maximum atomic E-state index is 11.5. The second kappa shape index (κ2) is 7.20. The first-order chi connectivity index (χ1) is 11.6. The van der Waals surface area contributed by atoms with Crippen LogP contribution in [0.5, 0.6) is 5.75 Å². The summed E-state index contributed by atoms with van der Waals surface area (Å²) < 4.78 is 5.79.